The Labute approximate surface area is 147 Å². The Kier molecular flexibility index (Phi) is 6.49. The van der Waals surface area contributed by atoms with Crippen LogP contribution in [0.4, 0.5) is 0 Å². The molecular weight excluding hydrogens is 329 g/mol. The summed E-state index contributed by atoms with van der Waals surface area (Å²) in [4.78, 5) is 12.1. The lowest BCUT2D eigenvalue weighted by atomic mass is 10.0. The van der Waals surface area contributed by atoms with Gasteiger partial charge in [0.1, 0.15) is 0 Å². The molecule has 0 spiro atoms. The number of rotatable bonds is 6. The van der Waals surface area contributed by atoms with Crippen molar-refractivity contribution in [1.82, 2.24) is 5.32 Å². The van der Waals surface area contributed by atoms with Gasteiger partial charge in [0.15, 0.2) is 0 Å². The normalized spacial score (nSPS) is 12.0. The van der Waals surface area contributed by atoms with Crippen LogP contribution in [0.5, 0.6) is 0 Å². The third kappa shape index (κ3) is 4.98. The van der Waals surface area contributed by atoms with Gasteiger partial charge in [0, 0.05) is 16.5 Å². The number of hydrogen-bond donors (Lipinski definition) is 1. The molecule has 0 aliphatic rings. The smallest absolute Gasteiger partial charge is 0.220 e. The molecule has 0 saturated heterocycles. The van der Waals surface area contributed by atoms with E-state index < -0.39 is 0 Å². The Morgan fingerprint density at radius 2 is 1.70 bits per heavy atom. The molecule has 1 amide bonds. The Morgan fingerprint density at radius 3 is 2.26 bits per heavy atom. The monoisotopic (exact) mass is 349 g/mol. The largest absolute Gasteiger partial charge is 0.350 e. The number of carbonyl (C=O) groups is 1. The predicted octanol–water partition coefficient (Wildman–Crippen LogP) is 5.37. The van der Waals surface area contributed by atoms with Crippen molar-refractivity contribution >= 4 is 29.1 Å². The zero-order valence-corrected chi connectivity index (χ0v) is 14.9. The minimum Gasteiger partial charge on any atom is -0.350 e. The third-order valence-electron chi connectivity index (χ3n) is 3.93. The molecule has 0 saturated carbocycles. The molecule has 0 aliphatic carbocycles. The molecule has 23 heavy (non-hydrogen) atoms. The number of nitrogens with one attached hydrogen (secondary N) is 1. The van der Waals surface area contributed by atoms with Crippen LogP contribution in [0.15, 0.2) is 42.5 Å². The Hall–Kier alpha value is -1.51. The van der Waals surface area contributed by atoms with Gasteiger partial charge < -0.3 is 5.32 Å². The van der Waals surface area contributed by atoms with E-state index in [1.165, 1.54) is 5.56 Å². The summed E-state index contributed by atoms with van der Waals surface area (Å²) >= 11 is 12.3. The van der Waals surface area contributed by atoms with Gasteiger partial charge in [0.2, 0.25) is 5.91 Å². The Morgan fingerprint density at radius 1 is 1.09 bits per heavy atom. The van der Waals surface area contributed by atoms with E-state index in [1.54, 1.807) is 18.2 Å². The summed E-state index contributed by atoms with van der Waals surface area (Å²) in [5.41, 5.74) is 3.22. The molecule has 122 valence electrons. The van der Waals surface area contributed by atoms with Gasteiger partial charge in [-0.3, -0.25) is 4.79 Å². The number of aryl methyl sites for hydroxylation is 1. The van der Waals surface area contributed by atoms with E-state index in [0.717, 1.165) is 17.5 Å². The fraction of sp³-hybridized carbons (Fsp3) is 0.316. The summed E-state index contributed by atoms with van der Waals surface area (Å²) in [6.45, 7) is 4.11. The van der Waals surface area contributed by atoms with Gasteiger partial charge in [-0.1, -0.05) is 60.5 Å². The van der Waals surface area contributed by atoms with Crippen molar-refractivity contribution in [2.45, 2.75) is 39.2 Å². The lowest BCUT2D eigenvalue weighted by Gasteiger charge is -2.15. The van der Waals surface area contributed by atoms with Crippen LogP contribution in [0.1, 0.15) is 43.0 Å². The molecule has 0 bridgehead atoms. The van der Waals surface area contributed by atoms with Gasteiger partial charge in [-0.05, 0) is 48.6 Å². The van der Waals surface area contributed by atoms with Gasteiger partial charge >= 0.3 is 0 Å². The lowest BCUT2D eigenvalue weighted by molar-refractivity contribution is -0.121. The van der Waals surface area contributed by atoms with Gasteiger partial charge in [0.25, 0.3) is 0 Å². The second kappa shape index (κ2) is 8.37. The fourth-order valence-electron chi connectivity index (χ4n) is 2.45. The molecule has 2 rings (SSSR count). The van der Waals surface area contributed by atoms with Crippen LogP contribution in [0.3, 0.4) is 0 Å². The molecular formula is C19H21Cl2NO. The summed E-state index contributed by atoms with van der Waals surface area (Å²) in [5.74, 6) is -0.00643. The zero-order chi connectivity index (χ0) is 16.8. The number of carbonyl (C=O) groups excluding carboxylic acids is 1. The second-order valence-corrected chi connectivity index (χ2v) is 6.40. The third-order valence-corrected chi connectivity index (χ3v) is 4.64. The maximum Gasteiger partial charge on any atom is 0.220 e. The summed E-state index contributed by atoms with van der Waals surface area (Å²) < 4.78 is 0. The molecule has 2 nitrogen and oxygen atoms in total. The van der Waals surface area contributed by atoms with Crippen LogP contribution in [0, 0.1) is 0 Å². The molecule has 0 aromatic heterocycles. The van der Waals surface area contributed by atoms with Crippen LogP contribution < -0.4 is 5.32 Å². The molecule has 1 N–H and O–H groups in total. The zero-order valence-electron chi connectivity index (χ0n) is 13.4. The Balaban J connectivity index is 1.91. The first-order valence-electron chi connectivity index (χ1n) is 7.82. The van der Waals surface area contributed by atoms with Crippen molar-refractivity contribution in [1.29, 1.82) is 0 Å². The number of halogens is 2. The van der Waals surface area contributed by atoms with Gasteiger partial charge in [-0.15, -0.1) is 0 Å². The molecule has 0 heterocycles. The molecule has 1 atom stereocenters. The number of amides is 1. The quantitative estimate of drug-likeness (QED) is 0.746. The number of hydrogen-bond acceptors (Lipinski definition) is 1. The van der Waals surface area contributed by atoms with Crippen LogP contribution in [-0.4, -0.2) is 5.91 Å². The molecule has 0 unspecified atom stereocenters. The second-order valence-electron chi connectivity index (χ2n) is 5.58. The topological polar surface area (TPSA) is 29.1 Å². The highest BCUT2D eigenvalue weighted by molar-refractivity contribution is 6.36. The molecule has 0 aliphatic heterocycles. The maximum absolute atomic E-state index is 12.1. The minimum atomic E-state index is -0.0184. The first kappa shape index (κ1) is 17.8. The molecule has 2 aromatic carbocycles. The SMILES string of the molecule is CCc1ccc([C@@H](C)NC(=O)CCc2c(Cl)cccc2Cl)cc1. The highest BCUT2D eigenvalue weighted by Gasteiger charge is 2.12. The van der Waals surface area contributed by atoms with E-state index in [-0.39, 0.29) is 11.9 Å². The van der Waals surface area contributed by atoms with E-state index in [2.05, 4.69) is 36.5 Å². The lowest BCUT2D eigenvalue weighted by Crippen LogP contribution is -2.26. The van der Waals surface area contributed by atoms with Crippen molar-refractivity contribution < 1.29 is 4.79 Å². The minimum absolute atomic E-state index is 0.00643. The highest BCUT2D eigenvalue weighted by atomic mass is 35.5. The van der Waals surface area contributed by atoms with Gasteiger partial charge in [-0.25, -0.2) is 0 Å². The van der Waals surface area contributed by atoms with Gasteiger partial charge in [0.05, 0.1) is 6.04 Å². The van der Waals surface area contributed by atoms with E-state index in [4.69, 9.17) is 23.2 Å². The van der Waals surface area contributed by atoms with Crippen molar-refractivity contribution in [3.63, 3.8) is 0 Å². The Bertz CT molecular complexity index is 647. The van der Waals surface area contributed by atoms with Crippen molar-refractivity contribution in [3.05, 3.63) is 69.2 Å². The average Bonchev–Trinajstić information content (AvgIpc) is 2.54. The van der Waals surface area contributed by atoms with Crippen LogP contribution >= 0.6 is 23.2 Å². The molecule has 0 radical (unpaired) electrons. The summed E-state index contributed by atoms with van der Waals surface area (Å²) in [6.07, 6.45) is 1.91. The van der Waals surface area contributed by atoms with Gasteiger partial charge in [-0.2, -0.15) is 0 Å². The highest BCUT2D eigenvalue weighted by Crippen LogP contribution is 2.25. The maximum atomic E-state index is 12.1. The fourth-order valence-corrected chi connectivity index (χ4v) is 3.04. The van der Waals surface area contributed by atoms with Crippen molar-refractivity contribution in [2.24, 2.45) is 0 Å². The molecule has 4 heteroatoms. The first-order valence-corrected chi connectivity index (χ1v) is 8.58. The molecule has 2 aromatic rings. The van der Waals surface area contributed by atoms with E-state index in [1.807, 2.05) is 6.92 Å². The predicted molar refractivity (Wildman–Crippen MR) is 97.2 cm³/mol. The van der Waals surface area contributed by atoms with Crippen molar-refractivity contribution in [3.8, 4) is 0 Å². The number of benzene rings is 2. The molecule has 0 fully saturated rings. The van der Waals surface area contributed by atoms with Crippen molar-refractivity contribution in [2.75, 3.05) is 0 Å². The van der Waals surface area contributed by atoms with Crippen LogP contribution in [0.2, 0.25) is 10.0 Å². The summed E-state index contributed by atoms with van der Waals surface area (Å²) in [7, 11) is 0. The standard InChI is InChI=1S/C19H21Cl2NO/c1-3-14-7-9-15(10-8-14)13(2)22-19(23)12-11-16-17(20)5-4-6-18(16)21/h4-10,13H,3,11-12H2,1-2H3,(H,22,23)/t13-/m1/s1. The van der Waals surface area contributed by atoms with Crippen LogP contribution in [0.25, 0.3) is 0 Å². The first-order chi connectivity index (χ1) is 11.0. The summed E-state index contributed by atoms with van der Waals surface area (Å²) in [6, 6.07) is 13.7. The van der Waals surface area contributed by atoms with E-state index in [9.17, 15) is 4.79 Å². The average molecular weight is 350 g/mol. The van der Waals surface area contributed by atoms with E-state index >= 15 is 0 Å². The van der Waals surface area contributed by atoms with Crippen LogP contribution in [-0.2, 0) is 17.6 Å². The van der Waals surface area contributed by atoms with E-state index in [0.29, 0.717) is 22.9 Å². The summed E-state index contributed by atoms with van der Waals surface area (Å²) in [5, 5.41) is 4.23.